The topological polar surface area (TPSA) is 23.5 Å². The van der Waals surface area contributed by atoms with Crippen molar-refractivity contribution >= 4 is 0 Å². The monoisotopic (exact) mass is 261 g/mol. The Balaban J connectivity index is 1.62. The lowest BCUT2D eigenvalue weighted by Crippen LogP contribution is -2.30. The SMILES string of the molecule is OCCCC1CCCN1CCCCc1ccccc1. The Morgan fingerprint density at radius 2 is 1.95 bits per heavy atom. The van der Waals surface area contributed by atoms with Gasteiger partial charge in [-0.25, -0.2) is 0 Å². The molecule has 0 bridgehead atoms. The third kappa shape index (κ3) is 4.96. The van der Waals surface area contributed by atoms with Crippen LogP contribution in [0.15, 0.2) is 30.3 Å². The van der Waals surface area contributed by atoms with Gasteiger partial charge in [0.05, 0.1) is 0 Å². The number of aryl methyl sites for hydroxylation is 1. The maximum Gasteiger partial charge on any atom is 0.0431 e. The number of nitrogens with zero attached hydrogens (tertiary/aromatic N) is 1. The molecule has 0 aromatic heterocycles. The van der Waals surface area contributed by atoms with E-state index in [0.717, 1.165) is 12.5 Å². The van der Waals surface area contributed by atoms with Crippen LogP contribution in [0.2, 0.25) is 0 Å². The predicted molar refractivity (Wildman–Crippen MR) is 80.3 cm³/mol. The van der Waals surface area contributed by atoms with Crippen molar-refractivity contribution < 1.29 is 5.11 Å². The van der Waals surface area contributed by atoms with Crippen LogP contribution in [0.25, 0.3) is 0 Å². The Bertz CT molecular complexity index is 338. The molecule has 106 valence electrons. The minimum absolute atomic E-state index is 0.346. The third-order valence-electron chi connectivity index (χ3n) is 4.20. The number of hydrogen-bond acceptors (Lipinski definition) is 2. The first-order valence-electron chi connectivity index (χ1n) is 7.79. The van der Waals surface area contributed by atoms with Crippen LogP contribution in [0.1, 0.15) is 44.1 Å². The zero-order chi connectivity index (χ0) is 13.3. The number of aliphatic hydroxyl groups excluding tert-OH is 1. The van der Waals surface area contributed by atoms with Gasteiger partial charge in [-0.3, -0.25) is 0 Å². The molecule has 0 saturated carbocycles. The molecule has 1 unspecified atom stereocenters. The predicted octanol–water partition coefficient (Wildman–Crippen LogP) is 3.25. The van der Waals surface area contributed by atoms with Crippen LogP contribution < -0.4 is 0 Å². The molecule has 1 aliphatic rings. The van der Waals surface area contributed by atoms with E-state index in [1.807, 2.05) is 0 Å². The highest BCUT2D eigenvalue weighted by Crippen LogP contribution is 2.21. The molecule has 2 heteroatoms. The third-order valence-corrected chi connectivity index (χ3v) is 4.20. The number of likely N-dealkylation sites (tertiary alicyclic amines) is 1. The zero-order valence-electron chi connectivity index (χ0n) is 11.9. The van der Waals surface area contributed by atoms with Gasteiger partial charge in [0.1, 0.15) is 0 Å². The van der Waals surface area contributed by atoms with Crippen molar-refractivity contribution in [1.29, 1.82) is 0 Å². The van der Waals surface area contributed by atoms with Crippen LogP contribution in [0, 0.1) is 0 Å². The fourth-order valence-corrected chi connectivity index (χ4v) is 3.13. The summed E-state index contributed by atoms with van der Waals surface area (Å²) < 4.78 is 0. The first-order valence-corrected chi connectivity index (χ1v) is 7.79. The zero-order valence-corrected chi connectivity index (χ0v) is 11.9. The molecular weight excluding hydrogens is 234 g/mol. The summed E-state index contributed by atoms with van der Waals surface area (Å²) in [5.41, 5.74) is 1.46. The lowest BCUT2D eigenvalue weighted by molar-refractivity contribution is 0.213. The van der Waals surface area contributed by atoms with Crippen LogP contribution in [0.5, 0.6) is 0 Å². The van der Waals surface area contributed by atoms with E-state index in [2.05, 4.69) is 35.2 Å². The highest BCUT2D eigenvalue weighted by atomic mass is 16.2. The van der Waals surface area contributed by atoms with E-state index in [1.165, 1.54) is 57.2 Å². The van der Waals surface area contributed by atoms with E-state index in [-0.39, 0.29) is 0 Å². The molecule has 19 heavy (non-hydrogen) atoms. The molecule has 1 heterocycles. The average Bonchev–Trinajstić information content (AvgIpc) is 2.90. The number of hydrogen-bond donors (Lipinski definition) is 1. The summed E-state index contributed by atoms with van der Waals surface area (Å²) >= 11 is 0. The van der Waals surface area contributed by atoms with Gasteiger partial charge in [-0.15, -0.1) is 0 Å². The Hall–Kier alpha value is -0.860. The molecule has 1 aromatic carbocycles. The molecule has 0 spiro atoms. The quantitative estimate of drug-likeness (QED) is 0.726. The smallest absolute Gasteiger partial charge is 0.0431 e. The number of aliphatic hydroxyl groups is 1. The van der Waals surface area contributed by atoms with Crippen LogP contribution in [-0.4, -0.2) is 35.7 Å². The lowest BCUT2D eigenvalue weighted by atomic mass is 10.1. The molecule has 1 atom stereocenters. The average molecular weight is 261 g/mol. The Kier molecular flexibility index (Phi) is 6.38. The highest BCUT2D eigenvalue weighted by molar-refractivity contribution is 5.14. The maximum atomic E-state index is 8.93. The van der Waals surface area contributed by atoms with E-state index >= 15 is 0 Å². The largest absolute Gasteiger partial charge is 0.396 e. The van der Waals surface area contributed by atoms with Crippen molar-refractivity contribution in [3.8, 4) is 0 Å². The fourth-order valence-electron chi connectivity index (χ4n) is 3.13. The summed E-state index contributed by atoms with van der Waals surface area (Å²) in [7, 11) is 0. The van der Waals surface area contributed by atoms with Crippen molar-refractivity contribution in [1.82, 2.24) is 4.90 Å². The van der Waals surface area contributed by atoms with Crippen molar-refractivity contribution in [2.75, 3.05) is 19.7 Å². The molecule has 1 fully saturated rings. The Morgan fingerprint density at radius 3 is 2.74 bits per heavy atom. The fraction of sp³-hybridized carbons (Fsp3) is 0.647. The molecule has 1 N–H and O–H groups in total. The van der Waals surface area contributed by atoms with Gasteiger partial charge in [0.25, 0.3) is 0 Å². The molecule has 2 rings (SSSR count). The summed E-state index contributed by atoms with van der Waals surface area (Å²) in [5, 5.41) is 8.93. The van der Waals surface area contributed by atoms with Crippen molar-refractivity contribution in [2.24, 2.45) is 0 Å². The van der Waals surface area contributed by atoms with Crippen molar-refractivity contribution in [3.63, 3.8) is 0 Å². The summed E-state index contributed by atoms with van der Waals surface area (Å²) in [6, 6.07) is 11.5. The second kappa shape index (κ2) is 8.34. The number of benzene rings is 1. The highest BCUT2D eigenvalue weighted by Gasteiger charge is 2.22. The molecular formula is C17H27NO. The molecule has 0 aliphatic carbocycles. The van der Waals surface area contributed by atoms with E-state index in [9.17, 15) is 0 Å². The standard InChI is InChI=1S/C17H27NO/c19-15-7-12-17-11-6-14-18(17)13-5-4-10-16-8-2-1-3-9-16/h1-3,8-9,17,19H,4-7,10-15H2. The van der Waals surface area contributed by atoms with Crippen molar-refractivity contribution in [2.45, 2.75) is 51.0 Å². The van der Waals surface area contributed by atoms with Crippen molar-refractivity contribution in [3.05, 3.63) is 35.9 Å². The summed E-state index contributed by atoms with van der Waals surface area (Å²) in [5.74, 6) is 0. The van der Waals surface area contributed by atoms with E-state index < -0.39 is 0 Å². The summed E-state index contributed by atoms with van der Waals surface area (Å²) in [6.07, 6.45) is 8.60. The normalized spacial score (nSPS) is 19.9. The summed E-state index contributed by atoms with van der Waals surface area (Å²) in [6.45, 7) is 2.85. The summed E-state index contributed by atoms with van der Waals surface area (Å²) in [4.78, 5) is 2.64. The first-order chi connectivity index (χ1) is 9.40. The van der Waals surface area contributed by atoms with Gasteiger partial charge in [-0.1, -0.05) is 30.3 Å². The first kappa shape index (κ1) is 14.5. The second-order valence-electron chi connectivity index (χ2n) is 5.64. The molecule has 0 radical (unpaired) electrons. The number of unbranched alkanes of at least 4 members (excludes halogenated alkanes) is 1. The minimum atomic E-state index is 0.346. The second-order valence-corrected chi connectivity index (χ2v) is 5.64. The van der Waals surface area contributed by atoms with Gasteiger partial charge in [0, 0.05) is 12.6 Å². The van der Waals surface area contributed by atoms with Gasteiger partial charge in [-0.05, 0) is 63.6 Å². The van der Waals surface area contributed by atoms with Crippen LogP contribution in [-0.2, 0) is 6.42 Å². The Morgan fingerprint density at radius 1 is 1.11 bits per heavy atom. The Labute approximate surface area is 117 Å². The van der Waals surface area contributed by atoms with Crippen LogP contribution in [0.4, 0.5) is 0 Å². The van der Waals surface area contributed by atoms with Gasteiger partial charge in [0.15, 0.2) is 0 Å². The molecule has 1 aliphatic heterocycles. The number of rotatable bonds is 8. The van der Waals surface area contributed by atoms with Crippen LogP contribution in [0.3, 0.4) is 0 Å². The van der Waals surface area contributed by atoms with Gasteiger partial charge in [-0.2, -0.15) is 0 Å². The minimum Gasteiger partial charge on any atom is -0.396 e. The molecule has 1 aromatic rings. The van der Waals surface area contributed by atoms with Gasteiger partial charge >= 0.3 is 0 Å². The molecule has 2 nitrogen and oxygen atoms in total. The van der Waals surface area contributed by atoms with E-state index in [0.29, 0.717) is 6.61 Å². The van der Waals surface area contributed by atoms with Gasteiger partial charge in [0.2, 0.25) is 0 Å². The van der Waals surface area contributed by atoms with Gasteiger partial charge < -0.3 is 10.0 Å². The molecule has 1 saturated heterocycles. The van der Waals surface area contributed by atoms with Crippen LogP contribution >= 0.6 is 0 Å². The maximum absolute atomic E-state index is 8.93. The van der Waals surface area contributed by atoms with E-state index in [4.69, 9.17) is 5.11 Å². The van der Waals surface area contributed by atoms with E-state index in [1.54, 1.807) is 0 Å². The molecule has 0 amide bonds. The lowest BCUT2D eigenvalue weighted by Gasteiger charge is -2.24.